The summed E-state index contributed by atoms with van der Waals surface area (Å²) < 4.78 is 2.34. The number of aromatic nitrogens is 3. The molecule has 3 nitrogen and oxygen atoms in total. The Morgan fingerprint density at radius 1 is 1.29 bits per heavy atom. The van der Waals surface area contributed by atoms with E-state index >= 15 is 0 Å². The zero-order valence-corrected chi connectivity index (χ0v) is 13.9. The maximum absolute atomic E-state index is 6.06. The van der Waals surface area contributed by atoms with Crippen molar-refractivity contribution < 1.29 is 0 Å². The van der Waals surface area contributed by atoms with E-state index in [1.54, 1.807) is 6.20 Å². The van der Waals surface area contributed by atoms with Gasteiger partial charge in [0.15, 0.2) is 5.65 Å². The summed E-state index contributed by atoms with van der Waals surface area (Å²) in [5, 5.41) is 0.637. The van der Waals surface area contributed by atoms with Crippen molar-refractivity contribution in [2.24, 2.45) is 5.92 Å². The molecule has 5 heteroatoms. The first-order chi connectivity index (χ1) is 10.2. The summed E-state index contributed by atoms with van der Waals surface area (Å²) >= 11 is 12.0. The standard InChI is InChI=1S/C16H21Cl2N3/c1-11-5-3-2-4-6-14(11)21-15(7-8-17)20-13-9-12(18)10-19-16(13)21/h9-11,14H,2-8H2,1H3. The fourth-order valence-corrected chi connectivity index (χ4v) is 3.79. The van der Waals surface area contributed by atoms with Crippen LogP contribution in [0.5, 0.6) is 0 Å². The van der Waals surface area contributed by atoms with Gasteiger partial charge in [-0.15, -0.1) is 11.6 Å². The fourth-order valence-electron chi connectivity index (χ4n) is 3.47. The smallest absolute Gasteiger partial charge is 0.160 e. The third-order valence-electron chi connectivity index (χ3n) is 4.54. The zero-order valence-electron chi connectivity index (χ0n) is 12.4. The van der Waals surface area contributed by atoms with E-state index in [1.165, 1.54) is 32.1 Å². The van der Waals surface area contributed by atoms with Crippen LogP contribution in [0.4, 0.5) is 0 Å². The first kappa shape index (κ1) is 15.1. The first-order valence-electron chi connectivity index (χ1n) is 7.79. The summed E-state index contributed by atoms with van der Waals surface area (Å²) in [7, 11) is 0. The summed E-state index contributed by atoms with van der Waals surface area (Å²) in [6, 6.07) is 2.38. The number of fused-ring (bicyclic) bond motifs is 1. The minimum atomic E-state index is 0.476. The van der Waals surface area contributed by atoms with E-state index in [4.69, 9.17) is 28.2 Å². The summed E-state index contributed by atoms with van der Waals surface area (Å²) in [5.41, 5.74) is 1.84. The van der Waals surface area contributed by atoms with Crippen LogP contribution in [0.1, 0.15) is 50.9 Å². The molecule has 2 atom stereocenters. The Morgan fingerprint density at radius 2 is 2.10 bits per heavy atom. The number of aryl methyl sites for hydroxylation is 1. The molecule has 2 aromatic heterocycles. The van der Waals surface area contributed by atoms with Crippen LogP contribution in [0.3, 0.4) is 0 Å². The van der Waals surface area contributed by atoms with Crippen LogP contribution < -0.4 is 0 Å². The molecular formula is C16H21Cl2N3. The minimum Gasteiger partial charge on any atom is -0.309 e. The third-order valence-corrected chi connectivity index (χ3v) is 4.93. The number of rotatable bonds is 3. The molecule has 2 unspecified atom stereocenters. The van der Waals surface area contributed by atoms with Gasteiger partial charge in [-0.05, 0) is 24.8 Å². The molecule has 0 spiro atoms. The molecule has 1 saturated carbocycles. The van der Waals surface area contributed by atoms with Gasteiger partial charge in [-0.2, -0.15) is 0 Å². The summed E-state index contributed by atoms with van der Waals surface area (Å²) in [6.45, 7) is 2.35. The predicted molar refractivity (Wildman–Crippen MR) is 88.2 cm³/mol. The average molecular weight is 326 g/mol. The van der Waals surface area contributed by atoms with Crippen LogP contribution >= 0.6 is 23.2 Å². The van der Waals surface area contributed by atoms with E-state index < -0.39 is 0 Å². The lowest BCUT2D eigenvalue weighted by Crippen LogP contribution is -2.19. The molecular weight excluding hydrogens is 305 g/mol. The average Bonchev–Trinajstić information content (AvgIpc) is 2.65. The molecule has 3 rings (SSSR count). The first-order valence-corrected chi connectivity index (χ1v) is 8.70. The van der Waals surface area contributed by atoms with E-state index in [1.807, 2.05) is 6.07 Å². The highest BCUT2D eigenvalue weighted by Gasteiger charge is 2.26. The predicted octanol–water partition coefficient (Wildman–Crippen LogP) is 5.01. The molecule has 0 aliphatic heterocycles. The highest BCUT2D eigenvalue weighted by molar-refractivity contribution is 6.31. The summed E-state index contributed by atoms with van der Waals surface area (Å²) in [6.07, 6.45) is 8.91. The van der Waals surface area contributed by atoms with E-state index in [2.05, 4.69) is 16.5 Å². The summed E-state index contributed by atoms with van der Waals surface area (Å²) in [4.78, 5) is 9.28. The van der Waals surface area contributed by atoms with Gasteiger partial charge >= 0.3 is 0 Å². The van der Waals surface area contributed by atoms with Gasteiger partial charge in [0.25, 0.3) is 0 Å². The number of alkyl halides is 1. The van der Waals surface area contributed by atoms with Crippen molar-refractivity contribution in [3.63, 3.8) is 0 Å². The minimum absolute atomic E-state index is 0.476. The molecule has 0 saturated heterocycles. The quantitative estimate of drug-likeness (QED) is 0.586. The van der Waals surface area contributed by atoms with Gasteiger partial charge in [-0.3, -0.25) is 0 Å². The lowest BCUT2D eigenvalue weighted by Gasteiger charge is -2.25. The monoisotopic (exact) mass is 325 g/mol. The molecule has 2 heterocycles. The van der Waals surface area contributed by atoms with Crippen LogP contribution in [0.15, 0.2) is 12.3 Å². The number of pyridine rings is 1. The van der Waals surface area contributed by atoms with E-state index in [0.717, 1.165) is 23.4 Å². The molecule has 0 N–H and O–H groups in total. The van der Waals surface area contributed by atoms with E-state index in [-0.39, 0.29) is 0 Å². The lowest BCUT2D eigenvalue weighted by molar-refractivity contribution is 0.332. The zero-order chi connectivity index (χ0) is 14.8. The molecule has 1 fully saturated rings. The molecule has 0 aromatic carbocycles. The number of hydrogen-bond acceptors (Lipinski definition) is 2. The molecule has 1 aliphatic rings. The van der Waals surface area contributed by atoms with Crippen LogP contribution in [-0.2, 0) is 6.42 Å². The maximum atomic E-state index is 6.06. The van der Waals surface area contributed by atoms with Crippen molar-refractivity contribution >= 4 is 34.4 Å². The molecule has 0 amide bonds. The third kappa shape index (κ3) is 3.04. The SMILES string of the molecule is CC1CCCCCC1n1c(CCCl)nc2cc(Cl)cnc21. The Labute approximate surface area is 135 Å². The normalized spacial score (nSPS) is 23.4. The van der Waals surface area contributed by atoms with Crippen molar-refractivity contribution in [1.82, 2.24) is 14.5 Å². The Balaban J connectivity index is 2.11. The maximum Gasteiger partial charge on any atom is 0.160 e. The van der Waals surface area contributed by atoms with Crippen molar-refractivity contribution in [3.05, 3.63) is 23.1 Å². The largest absolute Gasteiger partial charge is 0.309 e. The second-order valence-corrected chi connectivity index (χ2v) is 6.83. The van der Waals surface area contributed by atoms with Gasteiger partial charge in [-0.25, -0.2) is 9.97 Å². The highest BCUT2D eigenvalue weighted by atomic mass is 35.5. The van der Waals surface area contributed by atoms with E-state index in [0.29, 0.717) is 22.9 Å². The molecule has 0 radical (unpaired) electrons. The summed E-state index contributed by atoms with van der Waals surface area (Å²) in [5.74, 6) is 2.28. The van der Waals surface area contributed by atoms with Crippen molar-refractivity contribution in [3.8, 4) is 0 Å². The Bertz CT molecular complexity index is 623. The molecule has 1 aliphatic carbocycles. The second kappa shape index (κ2) is 6.53. The van der Waals surface area contributed by atoms with Crippen LogP contribution in [-0.4, -0.2) is 20.4 Å². The Hall–Kier alpha value is -0.800. The molecule has 0 bridgehead atoms. The molecule has 21 heavy (non-hydrogen) atoms. The molecule has 114 valence electrons. The molecule has 2 aromatic rings. The Morgan fingerprint density at radius 3 is 2.90 bits per heavy atom. The number of hydrogen-bond donors (Lipinski definition) is 0. The van der Waals surface area contributed by atoms with Crippen molar-refractivity contribution in [2.75, 3.05) is 5.88 Å². The van der Waals surface area contributed by atoms with Gasteiger partial charge in [0.2, 0.25) is 0 Å². The number of halogens is 2. The highest BCUT2D eigenvalue weighted by Crippen LogP contribution is 2.35. The van der Waals surface area contributed by atoms with Crippen molar-refractivity contribution in [2.45, 2.75) is 51.5 Å². The van der Waals surface area contributed by atoms with Gasteiger partial charge in [0.05, 0.1) is 5.02 Å². The lowest BCUT2D eigenvalue weighted by atomic mass is 9.96. The topological polar surface area (TPSA) is 30.7 Å². The van der Waals surface area contributed by atoms with Crippen LogP contribution in [0, 0.1) is 5.92 Å². The van der Waals surface area contributed by atoms with Gasteiger partial charge < -0.3 is 4.57 Å². The van der Waals surface area contributed by atoms with Gasteiger partial charge in [0, 0.05) is 24.5 Å². The van der Waals surface area contributed by atoms with Gasteiger partial charge in [-0.1, -0.05) is 37.8 Å². The second-order valence-electron chi connectivity index (χ2n) is 6.02. The number of imidazole rings is 1. The fraction of sp³-hybridized carbons (Fsp3) is 0.625. The van der Waals surface area contributed by atoms with E-state index in [9.17, 15) is 0 Å². The number of nitrogens with zero attached hydrogens (tertiary/aromatic N) is 3. The Kier molecular flexibility index (Phi) is 4.70. The van der Waals surface area contributed by atoms with Gasteiger partial charge in [0.1, 0.15) is 11.3 Å². The van der Waals surface area contributed by atoms with Crippen LogP contribution in [0.25, 0.3) is 11.2 Å². The van der Waals surface area contributed by atoms with Crippen LogP contribution in [0.2, 0.25) is 5.02 Å². The van der Waals surface area contributed by atoms with Crippen molar-refractivity contribution in [1.29, 1.82) is 0 Å².